The van der Waals surface area contributed by atoms with Crippen LogP contribution in [0.3, 0.4) is 0 Å². The first-order chi connectivity index (χ1) is 10.6. The Morgan fingerprint density at radius 3 is 2.77 bits per heavy atom. The molecule has 22 heavy (non-hydrogen) atoms. The SMILES string of the molecule is CCNC(=O)[C@@H](C)OC(=O)c1cc2sc3ccccc3c2s1. The Labute approximate surface area is 135 Å². The van der Waals surface area contributed by atoms with Gasteiger partial charge in [-0.3, -0.25) is 4.79 Å². The number of nitrogens with one attached hydrogen (secondary N) is 1. The second kappa shape index (κ2) is 6.06. The fraction of sp³-hybridized carbons (Fsp3) is 0.250. The predicted octanol–water partition coefficient (Wildman–Crippen LogP) is 3.80. The highest BCUT2D eigenvalue weighted by Gasteiger charge is 2.21. The average Bonchev–Trinajstić information content (AvgIpc) is 3.05. The summed E-state index contributed by atoms with van der Waals surface area (Å²) in [5.41, 5.74) is 0. The molecule has 2 heterocycles. The van der Waals surface area contributed by atoms with Crippen LogP contribution in [0.4, 0.5) is 0 Å². The standard InChI is InChI=1S/C16H15NO3S2/c1-3-17-15(18)9(2)20-16(19)13-8-12-14(22-13)10-6-4-5-7-11(10)21-12/h4-9H,3H2,1-2H3,(H,17,18)/t9-/m1/s1. The minimum Gasteiger partial charge on any atom is -0.448 e. The summed E-state index contributed by atoms with van der Waals surface area (Å²) in [5.74, 6) is -0.726. The maximum Gasteiger partial charge on any atom is 0.349 e. The number of rotatable bonds is 4. The number of carbonyl (C=O) groups excluding carboxylic acids is 2. The van der Waals surface area contributed by atoms with E-state index in [1.54, 1.807) is 18.3 Å². The van der Waals surface area contributed by atoms with Crippen molar-refractivity contribution >= 4 is 54.0 Å². The number of fused-ring (bicyclic) bond motifs is 3. The van der Waals surface area contributed by atoms with Crippen LogP contribution >= 0.6 is 22.7 Å². The fourth-order valence-corrected chi connectivity index (χ4v) is 4.60. The summed E-state index contributed by atoms with van der Waals surface area (Å²) >= 11 is 3.07. The lowest BCUT2D eigenvalue weighted by Crippen LogP contribution is -2.35. The summed E-state index contributed by atoms with van der Waals surface area (Å²) in [4.78, 5) is 24.3. The third-order valence-corrected chi connectivity index (χ3v) is 5.65. The normalized spacial score (nSPS) is 12.5. The van der Waals surface area contributed by atoms with Crippen molar-refractivity contribution in [1.29, 1.82) is 0 Å². The largest absolute Gasteiger partial charge is 0.448 e. The molecule has 0 aliphatic carbocycles. The van der Waals surface area contributed by atoms with Gasteiger partial charge < -0.3 is 10.1 Å². The van der Waals surface area contributed by atoms with Gasteiger partial charge in [0.15, 0.2) is 6.10 Å². The Kier molecular flexibility index (Phi) is 4.13. The number of hydrogen-bond acceptors (Lipinski definition) is 5. The van der Waals surface area contributed by atoms with E-state index in [1.165, 1.54) is 16.0 Å². The zero-order chi connectivity index (χ0) is 15.7. The van der Waals surface area contributed by atoms with Crippen LogP contribution in [-0.2, 0) is 9.53 Å². The summed E-state index contributed by atoms with van der Waals surface area (Å²) < 4.78 is 8.60. The van der Waals surface area contributed by atoms with Crippen molar-refractivity contribution < 1.29 is 14.3 Å². The first-order valence-electron chi connectivity index (χ1n) is 7.00. The van der Waals surface area contributed by atoms with E-state index in [0.717, 1.165) is 14.8 Å². The zero-order valence-corrected chi connectivity index (χ0v) is 13.8. The van der Waals surface area contributed by atoms with Crippen LogP contribution in [0.1, 0.15) is 23.5 Å². The van der Waals surface area contributed by atoms with Crippen molar-refractivity contribution in [3.63, 3.8) is 0 Å². The number of carbonyl (C=O) groups is 2. The molecule has 0 spiro atoms. The first kappa shape index (κ1) is 15.0. The molecule has 0 saturated heterocycles. The number of benzene rings is 1. The minimum absolute atomic E-state index is 0.278. The van der Waals surface area contributed by atoms with Gasteiger partial charge >= 0.3 is 5.97 Å². The molecular weight excluding hydrogens is 318 g/mol. The second-order valence-corrected chi connectivity index (χ2v) is 6.98. The fourth-order valence-electron chi connectivity index (χ4n) is 2.19. The molecule has 2 aromatic heterocycles. The Morgan fingerprint density at radius 2 is 2.00 bits per heavy atom. The third-order valence-electron chi connectivity index (χ3n) is 3.25. The topological polar surface area (TPSA) is 55.4 Å². The molecule has 0 radical (unpaired) electrons. The molecule has 4 nitrogen and oxygen atoms in total. The number of esters is 1. The molecule has 114 valence electrons. The lowest BCUT2D eigenvalue weighted by atomic mass is 10.2. The summed E-state index contributed by atoms with van der Waals surface area (Å²) in [6.45, 7) is 3.92. The van der Waals surface area contributed by atoms with Crippen LogP contribution in [0.25, 0.3) is 19.5 Å². The van der Waals surface area contributed by atoms with Crippen LogP contribution < -0.4 is 5.32 Å². The van der Waals surface area contributed by atoms with Crippen molar-refractivity contribution in [2.24, 2.45) is 0 Å². The van der Waals surface area contributed by atoms with Crippen LogP contribution in [0.2, 0.25) is 0 Å². The summed E-state index contributed by atoms with van der Waals surface area (Å²) in [5, 5.41) is 3.79. The number of amides is 1. The number of ether oxygens (including phenoxy) is 1. The third kappa shape index (κ3) is 2.71. The number of thiophene rings is 2. The predicted molar refractivity (Wildman–Crippen MR) is 90.8 cm³/mol. The van der Waals surface area contributed by atoms with E-state index in [9.17, 15) is 9.59 Å². The van der Waals surface area contributed by atoms with E-state index in [4.69, 9.17) is 4.74 Å². The van der Waals surface area contributed by atoms with Gasteiger partial charge in [0, 0.05) is 21.3 Å². The monoisotopic (exact) mass is 333 g/mol. The Hall–Kier alpha value is -1.92. The summed E-state index contributed by atoms with van der Waals surface area (Å²) in [7, 11) is 0. The molecule has 0 aliphatic heterocycles. The number of likely N-dealkylation sites (N-methyl/N-ethyl adjacent to an activating group) is 1. The van der Waals surface area contributed by atoms with Gasteiger partial charge in [0.1, 0.15) is 4.88 Å². The molecule has 3 rings (SSSR count). The maximum absolute atomic E-state index is 12.2. The molecule has 0 fully saturated rings. The lowest BCUT2D eigenvalue weighted by Gasteiger charge is -2.11. The molecule has 0 aliphatic rings. The van der Waals surface area contributed by atoms with Crippen LogP contribution in [-0.4, -0.2) is 24.5 Å². The van der Waals surface area contributed by atoms with Gasteiger partial charge in [-0.1, -0.05) is 18.2 Å². The first-order valence-corrected chi connectivity index (χ1v) is 8.63. The molecule has 3 aromatic rings. The van der Waals surface area contributed by atoms with Gasteiger partial charge in [-0.05, 0) is 26.0 Å². The van der Waals surface area contributed by atoms with Crippen molar-refractivity contribution in [3.8, 4) is 0 Å². The van der Waals surface area contributed by atoms with Crippen LogP contribution in [0.5, 0.6) is 0 Å². The quantitative estimate of drug-likeness (QED) is 0.739. The average molecular weight is 333 g/mol. The van der Waals surface area contributed by atoms with Crippen LogP contribution in [0, 0.1) is 0 Å². The van der Waals surface area contributed by atoms with Gasteiger partial charge in [-0.15, -0.1) is 22.7 Å². The second-order valence-electron chi connectivity index (χ2n) is 4.84. The molecule has 1 atom stereocenters. The van der Waals surface area contributed by atoms with Crippen molar-refractivity contribution in [2.45, 2.75) is 20.0 Å². The van der Waals surface area contributed by atoms with E-state index in [1.807, 2.05) is 25.1 Å². The maximum atomic E-state index is 12.2. The Balaban J connectivity index is 1.84. The van der Waals surface area contributed by atoms with Crippen molar-refractivity contribution in [1.82, 2.24) is 5.32 Å². The zero-order valence-electron chi connectivity index (χ0n) is 12.2. The molecular formula is C16H15NO3S2. The van der Waals surface area contributed by atoms with E-state index >= 15 is 0 Å². The molecule has 0 saturated carbocycles. The van der Waals surface area contributed by atoms with E-state index < -0.39 is 12.1 Å². The molecule has 1 aromatic carbocycles. The van der Waals surface area contributed by atoms with Gasteiger partial charge in [0.05, 0.1) is 4.70 Å². The Morgan fingerprint density at radius 1 is 1.23 bits per heavy atom. The minimum atomic E-state index is -0.788. The Bertz CT molecular complexity index is 849. The van der Waals surface area contributed by atoms with Crippen molar-refractivity contribution in [3.05, 3.63) is 35.2 Å². The van der Waals surface area contributed by atoms with Crippen LogP contribution in [0.15, 0.2) is 30.3 Å². The van der Waals surface area contributed by atoms with Gasteiger partial charge in [0.2, 0.25) is 0 Å². The van der Waals surface area contributed by atoms with Gasteiger partial charge in [-0.25, -0.2) is 4.79 Å². The molecule has 1 amide bonds. The summed E-state index contributed by atoms with van der Waals surface area (Å²) in [6.07, 6.45) is -0.788. The molecule has 0 unspecified atom stereocenters. The lowest BCUT2D eigenvalue weighted by molar-refractivity contribution is -0.128. The molecule has 6 heteroatoms. The smallest absolute Gasteiger partial charge is 0.349 e. The van der Waals surface area contributed by atoms with E-state index in [-0.39, 0.29) is 5.91 Å². The van der Waals surface area contributed by atoms with E-state index in [2.05, 4.69) is 17.4 Å². The molecule has 0 bridgehead atoms. The highest BCUT2D eigenvalue weighted by Crippen LogP contribution is 2.39. The highest BCUT2D eigenvalue weighted by molar-refractivity contribution is 7.33. The number of hydrogen-bond donors (Lipinski definition) is 1. The molecule has 1 N–H and O–H groups in total. The van der Waals surface area contributed by atoms with Crippen molar-refractivity contribution in [2.75, 3.05) is 6.54 Å². The van der Waals surface area contributed by atoms with Gasteiger partial charge in [-0.2, -0.15) is 0 Å². The van der Waals surface area contributed by atoms with Gasteiger partial charge in [0.25, 0.3) is 5.91 Å². The van der Waals surface area contributed by atoms with E-state index in [0.29, 0.717) is 11.4 Å². The highest BCUT2D eigenvalue weighted by atomic mass is 32.1. The summed E-state index contributed by atoms with van der Waals surface area (Å²) in [6, 6.07) is 9.96.